The van der Waals surface area contributed by atoms with Crippen molar-refractivity contribution in [3.8, 4) is 0 Å². The van der Waals surface area contributed by atoms with Gasteiger partial charge in [0.2, 0.25) is 0 Å². The Morgan fingerprint density at radius 1 is 1.14 bits per heavy atom. The summed E-state index contributed by atoms with van der Waals surface area (Å²) in [6.07, 6.45) is 0.394. The van der Waals surface area contributed by atoms with E-state index in [9.17, 15) is 21.6 Å². The van der Waals surface area contributed by atoms with E-state index in [0.717, 1.165) is 0 Å². The van der Waals surface area contributed by atoms with Crippen LogP contribution in [-0.2, 0) is 19.9 Å². The Morgan fingerprint density at radius 2 is 1.82 bits per heavy atom. The molecule has 0 bridgehead atoms. The Labute approximate surface area is 169 Å². The molecule has 0 radical (unpaired) electrons. The van der Waals surface area contributed by atoms with Crippen LogP contribution in [0.25, 0.3) is 0 Å². The minimum absolute atomic E-state index is 0.0599. The van der Waals surface area contributed by atoms with Crippen molar-refractivity contribution >= 4 is 43.1 Å². The lowest BCUT2D eigenvalue weighted by Gasteiger charge is -2.13. The number of carbonyl (C=O) groups is 1. The fourth-order valence-electron chi connectivity index (χ4n) is 2.94. The minimum atomic E-state index is -3.83. The molecule has 0 spiro atoms. The molecule has 2 N–H and O–H groups in total. The highest BCUT2D eigenvalue weighted by Crippen LogP contribution is 2.23. The molecule has 7 nitrogen and oxygen atoms in total. The molecular weight excluding hydrogens is 424 g/mol. The third-order valence-electron chi connectivity index (χ3n) is 4.41. The maximum absolute atomic E-state index is 12.6. The van der Waals surface area contributed by atoms with Crippen molar-refractivity contribution < 1.29 is 21.6 Å². The van der Waals surface area contributed by atoms with E-state index < -0.39 is 31.8 Å². The highest BCUT2D eigenvalue weighted by Gasteiger charge is 2.29. The summed E-state index contributed by atoms with van der Waals surface area (Å²) in [7, 11) is -6.92. The van der Waals surface area contributed by atoms with Gasteiger partial charge in [-0.15, -0.1) is 0 Å². The van der Waals surface area contributed by atoms with Crippen LogP contribution in [0.2, 0.25) is 5.02 Å². The Bertz CT molecular complexity index is 1110. The second-order valence-electron chi connectivity index (χ2n) is 6.67. The first-order chi connectivity index (χ1) is 13.1. The number of amides is 1. The quantitative estimate of drug-likeness (QED) is 0.738. The fourth-order valence-corrected chi connectivity index (χ4v) is 6.18. The second-order valence-corrected chi connectivity index (χ2v) is 11.0. The van der Waals surface area contributed by atoms with E-state index >= 15 is 0 Å². The highest BCUT2D eigenvalue weighted by molar-refractivity contribution is 7.92. The van der Waals surface area contributed by atoms with Crippen molar-refractivity contribution in [3.63, 3.8) is 0 Å². The van der Waals surface area contributed by atoms with Crippen LogP contribution in [0.1, 0.15) is 22.3 Å². The van der Waals surface area contributed by atoms with E-state index in [-0.39, 0.29) is 16.4 Å². The first-order valence-corrected chi connectivity index (χ1v) is 12.1. The summed E-state index contributed by atoms with van der Waals surface area (Å²) in [5.41, 5.74) is 1.16. The Morgan fingerprint density at radius 3 is 2.43 bits per heavy atom. The number of hydrogen-bond donors (Lipinski definition) is 2. The van der Waals surface area contributed by atoms with E-state index in [1.165, 1.54) is 30.3 Å². The summed E-state index contributed by atoms with van der Waals surface area (Å²) in [5, 5.41) is 3.00. The van der Waals surface area contributed by atoms with Gasteiger partial charge in [-0.2, -0.15) is 0 Å². The number of halogens is 1. The van der Waals surface area contributed by atoms with Crippen molar-refractivity contribution in [2.75, 3.05) is 16.2 Å². The van der Waals surface area contributed by atoms with Crippen LogP contribution in [-0.4, -0.2) is 40.3 Å². The lowest BCUT2D eigenvalue weighted by Crippen LogP contribution is -2.35. The number of aryl methyl sites for hydroxylation is 1. The Balaban J connectivity index is 1.70. The van der Waals surface area contributed by atoms with Gasteiger partial charge < -0.3 is 5.32 Å². The average Bonchev–Trinajstić information content (AvgIpc) is 2.95. The van der Waals surface area contributed by atoms with Crippen LogP contribution >= 0.6 is 11.6 Å². The molecule has 0 aromatic heterocycles. The molecule has 1 atom stereocenters. The molecule has 2 aromatic carbocycles. The van der Waals surface area contributed by atoms with E-state index in [2.05, 4.69) is 10.0 Å². The van der Waals surface area contributed by atoms with Crippen LogP contribution in [0.15, 0.2) is 47.4 Å². The molecule has 3 rings (SSSR count). The first kappa shape index (κ1) is 20.6. The van der Waals surface area contributed by atoms with Gasteiger partial charge in [0, 0.05) is 22.3 Å². The standard InChI is InChI=1S/C18H19ClN2O5S2/c1-12-2-5-14(19)10-17(12)28(25,26)21-15-6-3-13(4-7-15)18(22)20-16-8-9-27(23,24)11-16/h2-7,10,16,21H,8-9,11H2,1H3,(H,20,22)/t16-/m1/s1. The third kappa shape index (κ3) is 4.84. The van der Waals surface area contributed by atoms with Crippen molar-refractivity contribution in [2.45, 2.75) is 24.3 Å². The molecule has 1 saturated heterocycles. The van der Waals surface area contributed by atoms with Crippen LogP contribution < -0.4 is 10.0 Å². The van der Waals surface area contributed by atoms with Crippen LogP contribution in [0, 0.1) is 6.92 Å². The number of carbonyl (C=O) groups excluding carboxylic acids is 1. The van der Waals surface area contributed by atoms with Crippen molar-refractivity contribution in [1.29, 1.82) is 0 Å². The van der Waals surface area contributed by atoms with Crippen molar-refractivity contribution in [1.82, 2.24) is 5.32 Å². The number of hydrogen-bond acceptors (Lipinski definition) is 5. The number of anilines is 1. The largest absolute Gasteiger partial charge is 0.348 e. The third-order valence-corrected chi connectivity index (χ3v) is 7.93. The predicted octanol–water partition coefficient (Wildman–Crippen LogP) is 2.37. The molecule has 1 fully saturated rings. The summed E-state index contributed by atoms with van der Waals surface area (Å²) < 4.78 is 50.6. The summed E-state index contributed by atoms with van der Waals surface area (Å²) in [5.74, 6) is -0.390. The molecule has 0 saturated carbocycles. The molecule has 28 heavy (non-hydrogen) atoms. The van der Waals surface area contributed by atoms with Crippen molar-refractivity contribution in [2.24, 2.45) is 0 Å². The van der Waals surface area contributed by atoms with E-state index in [4.69, 9.17) is 11.6 Å². The molecule has 150 valence electrons. The zero-order valence-corrected chi connectivity index (χ0v) is 17.4. The predicted molar refractivity (Wildman–Crippen MR) is 108 cm³/mol. The summed E-state index contributed by atoms with van der Waals surface area (Å²) >= 11 is 5.89. The smallest absolute Gasteiger partial charge is 0.262 e. The Kier molecular flexibility index (Phi) is 5.69. The van der Waals surface area contributed by atoms with E-state index in [1.54, 1.807) is 19.1 Å². The Hall–Kier alpha value is -2.10. The van der Waals surface area contributed by atoms with Gasteiger partial charge in [-0.05, 0) is 55.3 Å². The molecule has 0 unspecified atom stereocenters. The summed E-state index contributed by atoms with van der Waals surface area (Å²) in [6.45, 7) is 1.67. The van der Waals surface area contributed by atoms with Crippen LogP contribution in [0.4, 0.5) is 5.69 Å². The van der Waals surface area contributed by atoms with Gasteiger partial charge in [0.1, 0.15) is 0 Å². The molecule has 2 aromatic rings. The second kappa shape index (κ2) is 7.73. The molecule has 1 amide bonds. The van der Waals surface area contributed by atoms with E-state index in [0.29, 0.717) is 28.3 Å². The van der Waals surface area contributed by atoms with Gasteiger partial charge in [-0.3, -0.25) is 9.52 Å². The van der Waals surface area contributed by atoms with Crippen LogP contribution in [0.5, 0.6) is 0 Å². The van der Waals surface area contributed by atoms with Gasteiger partial charge in [0.25, 0.3) is 15.9 Å². The number of rotatable bonds is 5. The lowest BCUT2D eigenvalue weighted by atomic mass is 10.1. The zero-order chi connectivity index (χ0) is 20.5. The number of nitrogens with one attached hydrogen (secondary N) is 2. The van der Waals surface area contributed by atoms with Gasteiger partial charge in [0.05, 0.1) is 16.4 Å². The van der Waals surface area contributed by atoms with E-state index in [1.807, 2.05) is 0 Å². The molecule has 1 heterocycles. The normalized spacial score (nSPS) is 18.6. The number of sulfonamides is 1. The topological polar surface area (TPSA) is 109 Å². The fraction of sp³-hybridized carbons (Fsp3) is 0.278. The summed E-state index contributed by atoms with van der Waals surface area (Å²) in [6, 6.07) is 10.1. The maximum Gasteiger partial charge on any atom is 0.262 e. The molecule has 10 heteroatoms. The average molecular weight is 443 g/mol. The monoisotopic (exact) mass is 442 g/mol. The number of benzene rings is 2. The minimum Gasteiger partial charge on any atom is -0.348 e. The van der Waals surface area contributed by atoms with Gasteiger partial charge >= 0.3 is 0 Å². The summed E-state index contributed by atoms with van der Waals surface area (Å²) in [4.78, 5) is 12.3. The molecule has 1 aliphatic heterocycles. The van der Waals surface area contributed by atoms with Crippen molar-refractivity contribution in [3.05, 3.63) is 58.6 Å². The van der Waals surface area contributed by atoms with Crippen LogP contribution in [0.3, 0.4) is 0 Å². The zero-order valence-electron chi connectivity index (χ0n) is 15.0. The lowest BCUT2D eigenvalue weighted by molar-refractivity contribution is 0.0941. The number of sulfone groups is 1. The molecule has 0 aliphatic carbocycles. The molecule has 1 aliphatic rings. The van der Waals surface area contributed by atoms with Gasteiger partial charge in [0.15, 0.2) is 9.84 Å². The first-order valence-electron chi connectivity index (χ1n) is 8.46. The highest BCUT2D eigenvalue weighted by atomic mass is 35.5. The van der Waals surface area contributed by atoms with Gasteiger partial charge in [-0.1, -0.05) is 17.7 Å². The SMILES string of the molecule is Cc1ccc(Cl)cc1S(=O)(=O)Nc1ccc(C(=O)N[C@@H]2CCS(=O)(=O)C2)cc1. The molecular formula is C18H19ClN2O5S2. The maximum atomic E-state index is 12.6. The van der Waals surface area contributed by atoms with Gasteiger partial charge in [-0.25, -0.2) is 16.8 Å².